The van der Waals surface area contributed by atoms with E-state index in [1.165, 1.54) is 0 Å². The van der Waals surface area contributed by atoms with Gasteiger partial charge in [0.15, 0.2) is 0 Å². The van der Waals surface area contributed by atoms with Crippen molar-refractivity contribution >= 4 is 39.2 Å². The monoisotopic (exact) mass is 460 g/mol. The van der Waals surface area contributed by atoms with E-state index in [1.807, 2.05) is 36.4 Å². The summed E-state index contributed by atoms with van der Waals surface area (Å²) in [5.74, 6) is 1.09. The highest BCUT2D eigenvalue weighted by atomic mass is 79.9. The fourth-order valence-corrected chi connectivity index (χ4v) is 3.65. The van der Waals surface area contributed by atoms with Crippen molar-refractivity contribution in [3.8, 4) is 5.75 Å². The molecule has 154 valence electrons. The summed E-state index contributed by atoms with van der Waals surface area (Å²) in [7, 11) is 0. The summed E-state index contributed by atoms with van der Waals surface area (Å²) in [5.41, 5.74) is 6.08. The highest BCUT2D eigenvalue weighted by Crippen LogP contribution is 2.22. The second kappa shape index (κ2) is 10.2. The van der Waals surface area contributed by atoms with Crippen LogP contribution < -0.4 is 20.7 Å². The predicted octanol–water partition coefficient (Wildman–Crippen LogP) is 3.34. The number of hydrogen-bond acceptors (Lipinski definition) is 5. The maximum atomic E-state index is 12.1. The molecule has 0 radical (unpaired) electrons. The fraction of sp³-hybridized carbons (Fsp3) is 0.381. The van der Waals surface area contributed by atoms with Crippen LogP contribution in [0.3, 0.4) is 0 Å². The number of amides is 2. The van der Waals surface area contributed by atoms with Gasteiger partial charge < -0.3 is 20.7 Å². The van der Waals surface area contributed by atoms with E-state index in [-0.39, 0.29) is 17.7 Å². The lowest BCUT2D eigenvalue weighted by molar-refractivity contribution is -0.122. The van der Waals surface area contributed by atoms with E-state index in [2.05, 4.69) is 31.1 Å². The van der Waals surface area contributed by atoms with Gasteiger partial charge in [0, 0.05) is 24.0 Å². The lowest BCUT2D eigenvalue weighted by atomic mass is 9.97. The fourth-order valence-electron chi connectivity index (χ4n) is 3.27. The smallest absolute Gasteiger partial charge is 0.224 e. The normalized spacial score (nSPS) is 16.3. The van der Waals surface area contributed by atoms with Gasteiger partial charge in [-0.15, -0.1) is 0 Å². The van der Waals surface area contributed by atoms with Crippen molar-refractivity contribution in [2.45, 2.75) is 25.7 Å². The van der Waals surface area contributed by atoms with Crippen molar-refractivity contribution in [1.82, 2.24) is 4.98 Å². The van der Waals surface area contributed by atoms with Crippen LogP contribution in [0.25, 0.3) is 0 Å². The number of anilines is 2. The molecule has 2 amide bonds. The molecule has 1 aromatic heterocycles. The molecule has 1 fully saturated rings. The Hall–Kier alpha value is -2.61. The highest BCUT2D eigenvalue weighted by molar-refractivity contribution is 9.10. The maximum Gasteiger partial charge on any atom is 0.224 e. The number of nitrogens with zero attached hydrogens (tertiary/aromatic N) is 2. The number of rotatable bonds is 8. The van der Waals surface area contributed by atoms with Crippen molar-refractivity contribution < 1.29 is 14.3 Å². The van der Waals surface area contributed by atoms with Crippen molar-refractivity contribution in [3.63, 3.8) is 0 Å². The third-order valence-corrected chi connectivity index (χ3v) is 5.29. The number of nitrogens with one attached hydrogen (secondary N) is 1. The molecule has 1 aliphatic heterocycles. The first-order chi connectivity index (χ1) is 14.0. The lowest BCUT2D eigenvalue weighted by Crippen LogP contribution is -2.41. The van der Waals surface area contributed by atoms with Crippen molar-refractivity contribution in [1.29, 1.82) is 0 Å². The Morgan fingerprint density at radius 1 is 1.31 bits per heavy atom. The van der Waals surface area contributed by atoms with E-state index < -0.39 is 0 Å². The van der Waals surface area contributed by atoms with E-state index in [0.29, 0.717) is 31.7 Å². The molecule has 3 rings (SSSR count). The summed E-state index contributed by atoms with van der Waals surface area (Å²) in [6.07, 6.45) is 4.36. The number of carbonyl (C=O) groups is 2. The lowest BCUT2D eigenvalue weighted by Gasteiger charge is -2.32. The van der Waals surface area contributed by atoms with E-state index in [1.54, 1.807) is 6.20 Å². The standard InChI is InChI=1S/C21H25BrN4O3/c22-16-5-1-6-18(12-16)29-11-3-7-20(27)25-17-8-9-19(24-13-17)26-10-2-4-15(14-26)21(23)28/h1,5-6,8-9,12-13,15H,2-4,7,10-11,14H2,(H2,23,28)(H,25,27). The van der Waals surface area contributed by atoms with Gasteiger partial charge in [0.25, 0.3) is 0 Å². The zero-order valence-electron chi connectivity index (χ0n) is 16.1. The molecule has 3 N–H and O–H groups in total. The molecule has 2 heterocycles. The Morgan fingerprint density at radius 3 is 2.90 bits per heavy atom. The van der Waals surface area contributed by atoms with Crippen LogP contribution in [0, 0.1) is 5.92 Å². The number of aromatic nitrogens is 1. The van der Waals surface area contributed by atoms with Gasteiger partial charge in [0.1, 0.15) is 11.6 Å². The average molecular weight is 461 g/mol. The number of carbonyl (C=O) groups excluding carboxylic acids is 2. The van der Waals surface area contributed by atoms with Crippen molar-refractivity contribution in [3.05, 3.63) is 47.1 Å². The molecule has 0 saturated carbocycles. The zero-order chi connectivity index (χ0) is 20.6. The highest BCUT2D eigenvalue weighted by Gasteiger charge is 2.24. The number of hydrogen-bond donors (Lipinski definition) is 2. The number of primary amides is 1. The molecule has 1 atom stereocenters. The quantitative estimate of drug-likeness (QED) is 0.588. The summed E-state index contributed by atoms with van der Waals surface area (Å²) in [6, 6.07) is 11.3. The molecule has 8 heteroatoms. The number of benzene rings is 1. The minimum Gasteiger partial charge on any atom is -0.494 e. The van der Waals surface area contributed by atoms with Gasteiger partial charge in [-0.25, -0.2) is 4.98 Å². The van der Waals surface area contributed by atoms with Crippen molar-refractivity contribution in [2.75, 3.05) is 29.9 Å². The molecular weight excluding hydrogens is 436 g/mol. The molecule has 1 aromatic carbocycles. The first-order valence-corrected chi connectivity index (χ1v) is 10.5. The molecule has 7 nitrogen and oxygen atoms in total. The minimum atomic E-state index is -0.262. The SMILES string of the molecule is NC(=O)C1CCCN(c2ccc(NC(=O)CCCOc3cccc(Br)c3)cn2)C1. The Labute approximate surface area is 178 Å². The zero-order valence-corrected chi connectivity index (χ0v) is 17.7. The number of pyridine rings is 1. The van der Waals surface area contributed by atoms with Crippen LogP contribution >= 0.6 is 15.9 Å². The van der Waals surface area contributed by atoms with E-state index >= 15 is 0 Å². The Balaban J connectivity index is 1.42. The summed E-state index contributed by atoms with van der Waals surface area (Å²) in [5, 5.41) is 2.85. The molecule has 1 unspecified atom stereocenters. The molecule has 0 aliphatic carbocycles. The minimum absolute atomic E-state index is 0.0795. The van der Waals surface area contributed by atoms with Crippen LogP contribution in [0.15, 0.2) is 47.1 Å². The van der Waals surface area contributed by atoms with E-state index in [4.69, 9.17) is 10.5 Å². The van der Waals surface area contributed by atoms with Gasteiger partial charge in [-0.1, -0.05) is 22.0 Å². The Bertz CT molecular complexity index is 844. The Kier molecular flexibility index (Phi) is 7.46. The summed E-state index contributed by atoms with van der Waals surface area (Å²) >= 11 is 3.40. The van der Waals surface area contributed by atoms with Crippen LogP contribution in [-0.2, 0) is 9.59 Å². The number of ether oxygens (including phenoxy) is 1. The number of piperidine rings is 1. The van der Waals surface area contributed by atoms with Gasteiger partial charge in [-0.2, -0.15) is 0 Å². The van der Waals surface area contributed by atoms with E-state index in [9.17, 15) is 9.59 Å². The van der Waals surface area contributed by atoms with Crippen LogP contribution in [0.1, 0.15) is 25.7 Å². The van der Waals surface area contributed by atoms with Gasteiger partial charge in [-0.05, 0) is 49.6 Å². The van der Waals surface area contributed by atoms with Gasteiger partial charge in [0.05, 0.1) is 24.4 Å². The van der Waals surface area contributed by atoms with Gasteiger partial charge in [0.2, 0.25) is 11.8 Å². The number of nitrogens with two attached hydrogens (primary N) is 1. The van der Waals surface area contributed by atoms with Crippen LogP contribution in [0.4, 0.5) is 11.5 Å². The topological polar surface area (TPSA) is 97.6 Å². The molecule has 0 spiro atoms. The molecule has 1 aliphatic rings. The third-order valence-electron chi connectivity index (χ3n) is 4.79. The first-order valence-electron chi connectivity index (χ1n) is 9.70. The van der Waals surface area contributed by atoms with E-state index in [0.717, 1.165) is 35.4 Å². The summed E-state index contributed by atoms with van der Waals surface area (Å²) < 4.78 is 6.59. The average Bonchev–Trinajstić information content (AvgIpc) is 2.72. The largest absolute Gasteiger partial charge is 0.494 e. The number of halogens is 1. The second-order valence-electron chi connectivity index (χ2n) is 7.05. The van der Waals surface area contributed by atoms with Crippen LogP contribution in [0.5, 0.6) is 5.75 Å². The molecular formula is C21H25BrN4O3. The Morgan fingerprint density at radius 2 is 2.17 bits per heavy atom. The maximum absolute atomic E-state index is 12.1. The third kappa shape index (κ3) is 6.45. The molecule has 1 saturated heterocycles. The first kappa shape index (κ1) is 21.1. The molecule has 29 heavy (non-hydrogen) atoms. The predicted molar refractivity (Wildman–Crippen MR) is 116 cm³/mol. The second-order valence-corrected chi connectivity index (χ2v) is 7.97. The summed E-state index contributed by atoms with van der Waals surface area (Å²) in [4.78, 5) is 30.0. The summed E-state index contributed by atoms with van der Waals surface area (Å²) in [6.45, 7) is 1.91. The molecule has 0 bridgehead atoms. The van der Waals surface area contributed by atoms with Gasteiger partial charge in [-0.3, -0.25) is 9.59 Å². The van der Waals surface area contributed by atoms with Gasteiger partial charge >= 0.3 is 0 Å². The van der Waals surface area contributed by atoms with Crippen LogP contribution in [-0.4, -0.2) is 36.5 Å². The van der Waals surface area contributed by atoms with Crippen molar-refractivity contribution in [2.24, 2.45) is 11.7 Å². The molecule has 2 aromatic rings. The van der Waals surface area contributed by atoms with Crippen LogP contribution in [0.2, 0.25) is 0 Å².